The molecule has 0 saturated carbocycles. The van der Waals surface area contributed by atoms with Crippen LogP contribution in [-0.4, -0.2) is 23.4 Å². The Kier molecular flexibility index (Phi) is 5.64. The number of rotatable bonds is 5. The second-order valence-electron chi connectivity index (χ2n) is 4.86. The summed E-state index contributed by atoms with van der Waals surface area (Å²) in [5, 5.41) is 13.2. The molecule has 1 amide bonds. The van der Waals surface area contributed by atoms with Gasteiger partial charge in [-0.05, 0) is 40.5 Å². The van der Waals surface area contributed by atoms with Crippen LogP contribution in [0.5, 0.6) is 0 Å². The first-order chi connectivity index (χ1) is 11.4. The number of amides is 1. The lowest BCUT2D eigenvalue weighted by Crippen LogP contribution is -2.21. The zero-order chi connectivity index (χ0) is 17.7. The minimum Gasteiger partial charge on any atom is -0.452 e. The van der Waals surface area contributed by atoms with Crippen molar-refractivity contribution >= 4 is 39.2 Å². The highest BCUT2D eigenvalue weighted by molar-refractivity contribution is 9.10. The van der Waals surface area contributed by atoms with Crippen LogP contribution in [0.25, 0.3) is 0 Å². The molecule has 7 nitrogen and oxygen atoms in total. The number of hydrogen-bond donors (Lipinski definition) is 1. The van der Waals surface area contributed by atoms with Gasteiger partial charge in [0.05, 0.1) is 16.2 Å². The lowest BCUT2D eigenvalue weighted by Gasteiger charge is -2.09. The molecule has 0 aliphatic rings. The number of nitro groups is 1. The Balaban J connectivity index is 1.95. The number of anilines is 1. The minimum absolute atomic E-state index is 0.106. The van der Waals surface area contributed by atoms with E-state index >= 15 is 0 Å². The largest absolute Gasteiger partial charge is 0.452 e. The molecule has 0 heterocycles. The fourth-order valence-corrected chi connectivity index (χ4v) is 2.38. The molecule has 24 heavy (non-hydrogen) atoms. The summed E-state index contributed by atoms with van der Waals surface area (Å²) in [4.78, 5) is 33.9. The average Bonchev–Trinajstić information content (AvgIpc) is 2.54. The third kappa shape index (κ3) is 4.39. The molecule has 0 atom stereocenters. The Morgan fingerprint density at radius 1 is 1.25 bits per heavy atom. The third-order valence-electron chi connectivity index (χ3n) is 3.14. The Labute approximate surface area is 145 Å². The highest BCUT2D eigenvalue weighted by Gasteiger charge is 2.14. The number of non-ortho nitro benzene ring substituents is 1. The van der Waals surface area contributed by atoms with Crippen molar-refractivity contribution in [2.75, 3.05) is 11.9 Å². The van der Waals surface area contributed by atoms with Gasteiger partial charge in [-0.2, -0.15) is 0 Å². The third-order valence-corrected chi connectivity index (χ3v) is 3.79. The number of aryl methyl sites for hydroxylation is 1. The molecule has 0 aromatic heterocycles. The van der Waals surface area contributed by atoms with Gasteiger partial charge in [0.15, 0.2) is 6.61 Å². The number of ether oxygens (including phenoxy) is 1. The molecule has 0 fully saturated rings. The van der Waals surface area contributed by atoms with Gasteiger partial charge in [-0.3, -0.25) is 14.9 Å². The summed E-state index contributed by atoms with van der Waals surface area (Å²) < 4.78 is 5.33. The molecule has 0 saturated heterocycles. The molecule has 0 bridgehead atoms. The number of esters is 1. The molecular weight excluding hydrogens is 380 g/mol. The number of carbonyl (C=O) groups is 2. The van der Waals surface area contributed by atoms with Gasteiger partial charge in [0.2, 0.25) is 0 Å². The maximum atomic E-state index is 11.9. The van der Waals surface area contributed by atoms with Gasteiger partial charge in [-0.1, -0.05) is 18.2 Å². The highest BCUT2D eigenvalue weighted by Crippen LogP contribution is 2.27. The normalized spacial score (nSPS) is 10.1. The van der Waals surface area contributed by atoms with Gasteiger partial charge < -0.3 is 10.1 Å². The SMILES string of the molecule is Cc1ccccc1C(=O)OCC(=O)Nc1ccc([N+](=O)[O-])cc1Br. The Morgan fingerprint density at radius 3 is 2.58 bits per heavy atom. The molecule has 0 spiro atoms. The number of halogens is 1. The van der Waals surface area contributed by atoms with Crippen molar-refractivity contribution in [1.82, 2.24) is 0 Å². The molecule has 0 unspecified atom stereocenters. The van der Waals surface area contributed by atoms with Gasteiger partial charge in [-0.15, -0.1) is 0 Å². The van der Waals surface area contributed by atoms with Gasteiger partial charge in [-0.25, -0.2) is 4.79 Å². The molecular formula is C16H13BrN2O5. The van der Waals surface area contributed by atoms with Crippen molar-refractivity contribution in [2.24, 2.45) is 0 Å². The summed E-state index contributed by atoms with van der Waals surface area (Å²) >= 11 is 3.14. The Morgan fingerprint density at radius 2 is 1.96 bits per heavy atom. The van der Waals surface area contributed by atoms with Crippen LogP contribution in [0.4, 0.5) is 11.4 Å². The molecule has 2 aromatic carbocycles. The van der Waals surface area contributed by atoms with E-state index in [9.17, 15) is 19.7 Å². The predicted octanol–water partition coefficient (Wildman–Crippen LogP) is 3.46. The zero-order valence-corrected chi connectivity index (χ0v) is 14.2. The first-order valence-corrected chi connectivity index (χ1v) is 7.64. The van der Waals surface area contributed by atoms with E-state index in [0.717, 1.165) is 5.56 Å². The molecule has 8 heteroatoms. The fraction of sp³-hybridized carbons (Fsp3) is 0.125. The molecule has 2 rings (SSSR count). The first-order valence-electron chi connectivity index (χ1n) is 6.85. The minimum atomic E-state index is -0.592. The van der Waals surface area contributed by atoms with Crippen molar-refractivity contribution in [1.29, 1.82) is 0 Å². The summed E-state index contributed by atoms with van der Waals surface area (Å²) in [6.07, 6.45) is 0. The summed E-state index contributed by atoms with van der Waals surface area (Å²) in [6, 6.07) is 10.8. The monoisotopic (exact) mass is 392 g/mol. The Hall–Kier alpha value is -2.74. The second kappa shape index (κ2) is 7.69. The molecule has 124 valence electrons. The van der Waals surface area contributed by atoms with E-state index in [4.69, 9.17) is 4.74 Å². The van der Waals surface area contributed by atoms with Crippen LogP contribution < -0.4 is 5.32 Å². The van der Waals surface area contributed by atoms with E-state index in [1.165, 1.54) is 18.2 Å². The maximum absolute atomic E-state index is 11.9. The summed E-state index contributed by atoms with van der Waals surface area (Å²) in [6.45, 7) is 1.31. The lowest BCUT2D eigenvalue weighted by molar-refractivity contribution is -0.384. The van der Waals surface area contributed by atoms with E-state index in [2.05, 4.69) is 21.2 Å². The molecule has 0 aliphatic carbocycles. The number of nitro benzene ring substituents is 1. The van der Waals surface area contributed by atoms with Gasteiger partial charge in [0.1, 0.15) is 0 Å². The Bertz CT molecular complexity index is 807. The van der Waals surface area contributed by atoms with Crippen LogP contribution in [0.15, 0.2) is 46.9 Å². The van der Waals surface area contributed by atoms with Crippen molar-refractivity contribution in [2.45, 2.75) is 6.92 Å². The highest BCUT2D eigenvalue weighted by atomic mass is 79.9. The van der Waals surface area contributed by atoms with Gasteiger partial charge >= 0.3 is 5.97 Å². The van der Waals surface area contributed by atoms with Gasteiger partial charge in [0, 0.05) is 16.6 Å². The van der Waals surface area contributed by atoms with E-state index in [-0.39, 0.29) is 5.69 Å². The number of carbonyl (C=O) groups excluding carboxylic acids is 2. The topological polar surface area (TPSA) is 98.5 Å². The molecule has 2 aromatic rings. The van der Waals surface area contributed by atoms with Crippen LogP contribution in [-0.2, 0) is 9.53 Å². The zero-order valence-electron chi connectivity index (χ0n) is 12.6. The van der Waals surface area contributed by atoms with Crippen molar-refractivity contribution < 1.29 is 19.2 Å². The molecule has 0 aliphatic heterocycles. The van der Waals surface area contributed by atoms with Gasteiger partial charge in [0.25, 0.3) is 11.6 Å². The summed E-state index contributed by atoms with van der Waals surface area (Å²) in [5.41, 5.74) is 1.38. The average molecular weight is 393 g/mol. The van der Waals surface area contributed by atoms with Crippen molar-refractivity contribution in [3.8, 4) is 0 Å². The fourth-order valence-electron chi connectivity index (χ4n) is 1.92. The number of hydrogen-bond acceptors (Lipinski definition) is 5. The predicted molar refractivity (Wildman–Crippen MR) is 90.9 cm³/mol. The van der Waals surface area contributed by atoms with Crippen LogP contribution in [0.3, 0.4) is 0 Å². The smallest absolute Gasteiger partial charge is 0.338 e. The van der Waals surface area contributed by atoms with Crippen molar-refractivity contribution in [3.05, 3.63) is 68.2 Å². The van der Waals surface area contributed by atoms with E-state index in [1.807, 2.05) is 0 Å². The lowest BCUT2D eigenvalue weighted by atomic mass is 10.1. The summed E-state index contributed by atoms with van der Waals surface area (Å²) in [5.74, 6) is -1.14. The number of nitrogens with one attached hydrogen (secondary N) is 1. The van der Waals surface area contributed by atoms with Crippen LogP contribution in [0, 0.1) is 17.0 Å². The van der Waals surface area contributed by atoms with E-state index < -0.39 is 23.4 Å². The second-order valence-corrected chi connectivity index (χ2v) is 5.71. The summed E-state index contributed by atoms with van der Waals surface area (Å²) in [7, 11) is 0. The number of benzene rings is 2. The molecule has 0 radical (unpaired) electrons. The van der Waals surface area contributed by atoms with Crippen LogP contribution >= 0.6 is 15.9 Å². The van der Waals surface area contributed by atoms with Crippen molar-refractivity contribution in [3.63, 3.8) is 0 Å². The van der Waals surface area contributed by atoms with Crippen LogP contribution in [0.1, 0.15) is 15.9 Å². The quantitative estimate of drug-likeness (QED) is 0.477. The van der Waals surface area contributed by atoms with Crippen LogP contribution in [0.2, 0.25) is 0 Å². The maximum Gasteiger partial charge on any atom is 0.338 e. The van der Waals surface area contributed by atoms with E-state index in [0.29, 0.717) is 15.7 Å². The first kappa shape index (κ1) is 17.6. The number of nitrogens with zero attached hydrogens (tertiary/aromatic N) is 1. The standard InChI is InChI=1S/C16H13BrN2O5/c1-10-4-2-3-5-12(10)16(21)24-9-15(20)18-14-7-6-11(19(22)23)8-13(14)17/h2-8H,9H2,1H3,(H,18,20). The van der Waals surface area contributed by atoms with E-state index in [1.54, 1.807) is 31.2 Å². The molecule has 1 N–H and O–H groups in total.